The van der Waals surface area contributed by atoms with Crippen LogP contribution in [-0.4, -0.2) is 68.7 Å². The van der Waals surface area contributed by atoms with E-state index >= 15 is 0 Å². The summed E-state index contributed by atoms with van der Waals surface area (Å²) in [7, 11) is 3.73. The lowest BCUT2D eigenvalue weighted by atomic mass is 10.2. The Balaban J connectivity index is 1.89. The van der Waals surface area contributed by atoms with Gasteiger partial charge in [-0.2, -0.15) is 0 Å². The van der Waals surface area contributed by atoms with E-state index in [1.807, 2.05) is 18.0 Å². The van der Waals surface area contributed by atoms with Crippen LogP contribution in [0.4, 0.5) is 4.39 Å². The molecule has 1 aromatic rings. The molecule has 0 atom stereocenters. The molecule has 0 spiro atoms. The van der Waals surface area contributed by atoms with Gasteiger partial charge in [-0.25, -0.2) is 4.39 Å². The maximum atomic E-state index is 13.4. The molecular formula is C19H31FN4O. The molecule has 1 aromatic carbocycles. The highest BCUT2D eigenvalue weighted by molar-refractivity contribution is 5.79. The van der Waals surface area contributed by atoms with E-state index in [1.165, 1.54) is 18.9 Å². The molecule has 0 aromatic heterocycles. The van der Waals surface area contributed by atoms with Crippen LogP contribution in [0, 0.1) is 5.82 Å². The number of hydrogen-bond donors (Lipinski definition) is 1. The molecule has 1 aliphatic rings. The minimum atomic E-state index is -0.203. The molecule has 140 valence electrons. The summed E-state index contributed by atoms with van der Waals surface area (Å²) in [6.45, 7) is 6.90. The van der Waals surface area contributed by atoms with E-state index in [0.29, 0.717) is 12.6 Å². The molecule has 0 bridgehead atoms. The van der Waals surface area contributed by atoms with Crippen molar-refractivity contribution in [1.29, 1.82) is 0 Å². The van der Waals surface area contributed by atoms with Crippen molar-refractivity contribution < 1.29 is 9.13 Å². The molecular weight excluding hydrogens is 319 g/mol. The van der Waals surface area contributed by atoms with Crippen LogP contribution in [0.15, 0.2) is 29.3 Å². The number of ether oxygens (including phenoxy) is 1. The number of halogens is 1. The van der Waals surface area contributed by atoms with Crippen molar-refractivity contribution in [3.05, 3.63) is 35.6 Å². The van der Waals surface area contributed by atoms with Gasteiger partial charge in [0.2, 0.25) is 0 Å². The van der Waals surface area contributed by atoms with Crippen LogP contribution in [0.25, 0.3) is 0 Å². The van der Waals surface area contributed by atoms with Gasteiger partial charge in [-0.15, -0.1) is 0 Å². The van der Waals surface area contributed by atoms with E-state index in [4.69, 9.17) is 9.73 Å². The fourth-order valence-electron chi connectivity index (χ4n) is 2.86. The van der Waals surface area contributed by atoms with Crippen LogP contribution >= 0.6 is 0 Å². The van der Waals surface area contributed by atoms with Gasteiger partial charge in [-0.05, 0) is 37.5 Å². The Morgan fingerprint density at radius 2 is 2.16 bits per heavy atom. The average Bonchev–Trinajstić information content (AvgIpc) is 3.42. The molecule has 0 amide bonds. The lowest BCUT2D eigenvalue weighted by Crippen LogP contribution is -2.39. The molecule has 2 rings (SSSR count). The molecule has 5 nitrogen and oxygen atoms in total. The van der Waals surface area contributed by atoms with Gasteiger partial charge in [0.25, 0.3) is 0 Å². The zero-order valence-electron chi connectivity index (χ0n) is 15.7. The third kappa shape index (κ3) is 7.00. The average molecular weight is 350 g/mol. The van der Waals surface area contributed by atoms with Gasteiger partial charge in [0, 0.05) is 46.4 Å². The molecule has 1 N–H and O–H groups in total. The second-order valence-electron chi connectivity index (χ2n) is 6.48. The molecule has 1 saturated carbocycles. The fourth-order valence-corrected chi connectivity index (χ4v) is 2.86. The highest BCUT2D eigenvalue weighted by Gasteiger charge is 2.28. The van der Waals surface area contributed by atoms with Gasteiger partial charge in [0.1, 0.15) is 5.82 Å². The normalized spacial score (nSPS) is 14.8. The quantitative estimate of drug-likeness (QED) is 0.519. The number of guanidine groups is 1. The Kier molecular flexibility index (Phi) is 8.15. The molecule has 0 heterocycles. The zero-order chi connectivity index (χ0) is 18.1. The molecule has 1 fully saturated rings. The van der Waals surface area contributed by atoms with Crippen LogP contribution < -0.4 is 5.32 Å². The van der Waals surface area contributed by atoms with E-state index in [-0.39, 0.29) is 5.82 Å². The molecule has 0 radical (unpaired) electrons. The summed E-state index contributed by atoms with van der Waals surface area (Å²) in [6, 6.07) is 7.42. The van der Waals surface area contributed by atoms with Crippen LogP contribution in [0.5, 0.6) is 0 Å². The summed E-state index contributed by atoms with van der Waals surface area (Å²) in [6.07, 6.45) is 2.57. The lowest BCUT2D eigenvalue weighted by Gasteiger charge is -2.24. The van der Waals surface area contributed by atoms with Crippen molar-refractivity contribution in [2.24, 2.45) is 4.99 Å². The number of benzene rings is 1. The van der Waals surface area contributed by atoms with Crippen LogP contribution in [-0.2, 0) is 11.3 Å². The molecule has 0 saturated heterocycles. The van der Waals surface area contributed by atoms with E-state index in [2.05, 4.69) is 17.1 Å². The molecule has 0 aliphatic heterocycles. The Hall–Kier alpha value is -1.66. The van der Waals surface area contributed by atoms with Gasteiger partial charge >= 0.3 is 0 Å². The van der Waals surface area contributed by atoms with Crippen LogP contribution in [0.3, 0.4) is 0 Å². The number of nitrogens with zero attached hydrogens (tertiary/aromatic N) is 3. The number of hydrogen-bond acceptors (Lipinski definition) is 3. The monoisotopic (exact) mass is 350 g/mol. The first-order valence-electron chi connectivity index (χ1n) is 9.11. The van der Waals surface area contributed by atoms with Crippen molar-refractivity contribution in [3.63, 3.8) is 0 Å². The van der Waals surface area contributed by atoms with E-state index < -0.39 is 0 Å². The first-order valence-corrected chi connectivity index (χ1v) is 9.11. The zero-order valence-corrected chi connectivity index (χ0v) is 15.7. The first kappa shape index (κ1) is 19.7. The van der Waals surface area contributed by atoms with E-state index in [0.717, 1.165) is 44.3 Å². The Morgan fingerprint density at radius 1 is 1.36 bits per heavy atom. The highest BCUT2D eigenvalue weighted by Crippen LogP contribution is 2.26. The van der Waals surface area contributed by atoms with Gasteiger partial charge in [-0.3, -0.25) is 9.89 Å². The van der Waals surface area contributed by atoms with Crippen molar-refractivity contribution in [1.82, 2.24) is 15.1 Å². The summed E-state index contributed by atoms with van der Waals surface area (Å²) in [5.74, 6) is 0.653. The maximum Gasteiger partial charge on any atom is 0.194 e. The predicted octanol–water partition coefficient (Wildman–Crippen LogP) is 2.33. The number of aliphatic imine (C=N–C) groups is 1. The largest absolute Gasteiger partial charge is 0.383 e. The minimum absolute atomic E-state index is 0.203. The van der Waals surface area contributed by atoms with Crippen molar-refractivity contribution in [3.8, 4) is 0 Å². The van der Waals surface area contributed by atoms with Gasteiger partial charge in [-0.1, -0.05) is 12.1 Å². The summed E-state index contributed by atoms with van der Waals surface area (Å²) >= 11 is 0. The standard InChI is InChI=1S/C19H31FN4O/c1-4-21-19(23(2)15-16-6-5-7-17(20)14-16)22-10-11-24(12-13-25-3)18-8-9-18/h5-7,14,18H,4,8-13,15H2,1-3H3,(H,21,22). The van der Waals surface area contributed by atoms with Crippen LogP contribution in [0.1, 0.15) is 25.3 Å². The van der Waals surface area contributed by atoms with Gasteiger partial charge in [0.05, 0.1) is 13.2 Å². The molecule has 25 heavy (non-hydrogen) atoms. The van der Waals surface area contributed by atoms with E-state index in [9.17, 15) is 4.39 Å². The second kappa shape index (κ2) is 10.4. The van der Waals surface area contributed by atoms with Gasteiger partial charge in [0.15, 0.2) is 5.96 Å². The smallest absolute Gasteiger partial charge is 0.194 e. The molecule has 6 heteroatoms. The Bertz CT molecular complexity index is 548. The topological polar surface area (TPSA) is 40.1 Å². The summed E-state index contributed by atoms with van der Waals surface area (Å²) in [5, 5.41) is 3.32. The predicted molar refractivity (Wildman–Crippen MR) is 100 cm³/mol. The van der Waals surface area contributed by atoms with Crippen molar-refractivity contribution in [2.45, 2.75) is 32.4 Å². The summed E-state index contributed by atoms with van der Waals surface area (Å²) in [5.41, 5.74) is 0.938. The van der Waals surface area contributed by atoms with Crippen molar-refractivity contribution >= 4 is 5.96 Å². The first-order chi connectivity index (χ1) is 12.1. The number of methoxy groups -OCH3 is 1. The number of rotatable bonds is 10. The highest BCUT2D eigenvalue weighted by atomic mass is 19.1. The molecule has 1 aliphatic carbocycles. The lowest BCUT2D eigenvalue weighted by molar-refractivity contribution is 0.145. The minimum Gasteiger partial charge on any atom is -0.383 e. The number of nitrogens with one attached hydrogen (secondary N) is 1. The van der Waals surface area contributed by atoms with E-state index in [1.54, 1.807) is 19.2 Å². The fraction of sp³-hybridized carbons (Fsp3) is 0.632. The molecule has 0 unspecified atom stereocenters. The Morgan fingerprint density at radius 3 is 2.80 bits per heavy atom. The maximum absolute atomic E-state index is 13.4. The Labute approximate surface area is 150 Å². The second-order valence-corrected chi connectivity index (χ2v) is 6.48. The third-order valence-electron chi connectivity index (χ3n) is 4.30. The SMILES string of the molecule is CCNC(=NCCN(CCOC)C1CC1)N(C)Cc1cccc(F)c1. The third-order valence-corrected chi connectivity index (χ3v) is 4.30. The summed E-state index contributed by atoms with van der Waals surface area (Å²) in [4.78, 5) is 9.24. The van der Waals surface area contributed by atoms with Crippen LogP contribution in [0.2, 0.25) is 0 Å². The van der Waals surface area contributed by atoms with Crippen molar-refractivity contribution in [2.75, 3.05) is 46.9 Å². The van der Waals surface area contributed by atoms with Gasteiger partial charge < -0.3 is 15.0 Å². The summed E-state index contributed by atoms with van der Waals surface area (Å²) < 4.78 is 18.6.